The normalized spacial score (nSPS) is 16.4. The number of hydrogen-bond donors (Lipinski definition) is 1. The Labute approximate surface area is 144 Å². The van der Waals surface area contributed by atoms with Gasteiger partial charge in [0.2, 0.25) is 5.89 Å². The number of hydrogen-bond acceptors (Lipinski definition) is 5. The predicted octanol–water partition coefficient (Wildman–Crippen LogP) is 2.02. The number of nitrogens with zero attached hydrogens (tertiary/aromatic N) is 4. The Morgan fingerprint density at radius 3 is 2.83 bits per heavy atom. The van der Waals surface area contributed by atoms with Gasteiger partial charge in [0.25, 0.3) is 0 Å². The van der Waals surface area contributed by atoms with Crippen LogP contribution in [0.5, 0.6) is 0 Å². The van der Waals surface area contributed by atoms with E-state index in [1.54, 1.807) is 0 Å². The highest BCUT2D eigenvalue weighted by molar-refractivity contribution is 5.79. The second-order valence-corrected chi connectivity index (χ2v) is 6.34. The molecule has 1 aromatic rings. The summed E-state index contributed by atoms with van der Waals surface area (Å²) in [6.07, 6.45) is 5.25. The lowest BCUT2D eigenvalue weighted by atomic mass is 9.96. The van der Waals surface area contributed by atoms with Gasteiger partial charge in [-0.1, -0.05) is 5.16 Å². The first kappa shape index (κ1) is 18.7. The second kappa shape index (κ2) is 10.3. The van der Waals surface area contributed by atoms with Crippen LogP contribution in [0.2, 0.25) is 0 Å². The van der Waals surface area contributed by atoms with Gasteiger partial charge < -0.3 is 19.5 Å². The van der Waals surface area contributed by atoms with Gasteiger partial charge in [-0.15, -0.1) is 0 Å². The minimum Gasteiger partial charge on any atom is -0.381 e. The van der Waals surface area contributed by atoms with Gasteiger partial charge in [-0.05, 0) is 45.4 Å². The van der Waals surface area contributed by atoms with Crippen LogP contribution in [-0.4, -0.2) is 60.9 Å². The zero-order chi connectivity index (χ0) is 17.2. The van der Waals surface area contributed by atoms with Crippen LogP contribution in [0.15, 0.2) is 9.52 Å². The Bertz CT molecular complexity index is 497. The first-order valence-corrected chi connectivity index (χ1v) is 9.05. The zero-order valence-corrected chi connectivity index (χ0v) is 15.3. The van der Waals surface area contributed by atoms with Crippen LogP contribution < -0.4 is 5.32 Å². The maximum absolute atomic E-state index is 5.43. The molecule has 1 N–H and O–H groups in total. The Balaban J connectivity index is 1.73. The van der Waals surface area contributed by atoms with Gasteiger partial charge in [-0.2, -0.15) is 4.98 Å². The van der Waals surface area contributed by atoms with Crippen molar-refractivity contribution in [2.24, 2.45) is 10.9 Å². The summed E-state index contributed by atoms with van der Waals surface area (Å²) in [6.45, 7) is 8.42. The van der Waals surface area contributed by atoms with Crippen molar-refractivity contribution in [1.82, 2.24) is 20.4 Å². The third kappa shape index (κ3) is 6.47. The molecule has 1 aliphatic rings. The van der Waals surface area contributed by atoms with E-state index in [2.05, 4.69) is 34.3 Å². The fourth-order valence-electron chi connectivity index (χ4n) is 2.84. The number of aliphatic imine (C=N–C) groups is 1. The molecule has 24 heavy (non-hydrogen) atoms. The summed E-state index contributed by atoms with van der Waals surface area (Å²) >= 11 is 0. The van der Waals surface area contributed by atoms with E-state index in [1.807, 2.05) is 6.92 Å². The van der Waals surface area contributed by atoms with Gasteiger partial charge in [0.05, 0.1) is 0 Å². The smallest absolute Gasteiger partial charge is 0.226 e. The Morgan fingerprint density at radius 2 is 2.17 bits per heavy atom. The molecule has 0 amide bonds. The minimum atomic E-state index is 0.690. The summed E-state index contributed by atoms with van der Waals surface area (Å²) in [5, 5.41) is 7.18. The van der Waals surface area contributed by atoms with Crippen molar-refractivity contribution in [3.63, 3.8) is 0 Å². The summed E-state index contributed by atoms with van der Waals surface area (Å²) < 4.78 is 10.6. The maximum atomic E-state index is 5.43. The van der Waals surface area contributed by atoms with Gasteiger partial charge in [0.15, 0.2) is 11.8 Å². The minimum absolute atomic E-state index is 0.690. The molecule has 1 aliphatic heterocycles. The van der Waals surface area contributed by atoms with Gasteiger partial charge in [0, 0.05) is 46.3 Å². The van der Waals surface area contributed by atoms with E-state index in [0.717, 1.165) is 57.6 Å². The van der Waals surface area contributed by atoms with Gasteiger partial charge in [0.1, 0.15) is 0 Å². The lowest BCUT2D eigenvalue weighted by Crippen LogP contribution is -2.40. The van der Waals surface area contributed by atoms with Crippen LogP contribution in [0.3, 0.4) is 0 Å². The first-order chi connectivity index (χ1) is 11.7. The molecule has 7 nitrogen and oxygen atoms in total. The van der Waals surface area contributed by atoms with Crippen molar-refractivity contribution < 1.29 is 9.26 Å². The third-order valence-corrected chi connectivity index (χ3v) is 4.29. The van der Waals surface area contributed by atoms with E-state index in [0.29, 0.717) is 11.7 Å². The van der Waals surface area contributed by atoms with Crippen molar-refractivity contribution in [3.05, 3.63) is 11.7 Å². The van der Waals surface area contributed by atoms with Crippen molar-refractivity contribution >= 4 is 5.96 Å². The van der Waals surface area contributed by atoms with E-state index in [-0.39, 0.29) is 0 Å². The molecule has 2 rings (SSSR count). The number of nitrogens with one attached hydrogen (secondary N) is 1. The van der Waals surface area contributed by atoms with Crippen LogP contribution in [0, 0.1) is 12.8 Å². The second-order valence-electron chi connectivity index (χ2n) is 6.34. The van der Waals surface area contributed by atoms with Gasteiger partial charge in [-0.25, -0.2) is 0 Å². The van der Waals surface area contributed by atoms with E-state index >= 15 is 0 Å². The van der Waals surface area contributed by atoms with E-state index in [9.17, 15) is 0 Å². The number of aryl methyl sites for hydroxylation is 2. The average molecular weight is 337 g/mol. The summed E-state index contributed by atoms with van der Waals surface area (Å²) in [4.78, 5) is 11.2. The molecular weight excluding hydrogens is 306 g/mol. The molecular formula is C17H31N5O2. The molecule has 0 bridgehead atoms. The van der Waals surface area contributed by atoms with Crippen molar-refractivity contribution in [2.45, 2.75) is 46.0 Å². The molecule has 0 radical (unpaired) electrons. The Morgan fingerprint density at radius 1 is 1.38 bits per heavy atom. The van der Waals surface area contributed by atoms with Crippen molar-refractivity contribution in [3.8, 4) is 0 Å². The topological polar surface area (TPSA) is 75.8 Å². The quantitative estimate of drug-likeness (QED) is 0.444. The molecule has 0 unspecified atom stereocenters. The van der Waals surface area contributed by atoms with Crippen molar-refractivity contribution in [2.75, 3.05) is 39.9 Å². The molecule has 136 valence electrons. The molecule has 0 aliphatic carbocycles. The fourth-order valence-corrected chi connectivity index (χ4v) is 2.84. The van der Waals surface area contributed by atoms with E-state index in [4.69, 9.17) is 14.3 Å². The molecule has 0 saturated carbocycles. The molecule has 0 atom stereocenters. The Hall–Kier alpha value is -1.63. The number of guanidine groups is 1. The highest BCUT2D eigenvalue weighted by atomic mass is 16.5. The van der Waals surface area contributed by atoms with Crippen molar-refractivity contribution in [1.29, 1.82) is 0 Å². The SMILES string of the molecule is CCNC(=NCCCc1nc(C)no1)N(C)CCC1CCOCC1. The van der Waals surface area contributed by atoms with Crippen LogP contribution in [-0.2, 0) is 11.2 Å². The average Bonchev–Trinajstić information content (AvgIpc) is 3.01. The lowest BCUT2D eigenvalue weighted by Gasteiger charge is -2.26. The summed E-state index contributed by atoms with van der Waals surface area (Å²) in [5.74, 6) is 3.14. The Kier molecular flexibility index (Phi) is 8.01. The summed E-state index contributed by atoms with van der Waals surface area (Å²) in [5.41, 5.74) is 0. The number of aromatic nitrogens is 2. The fraction of sp³-hybridized carbons (Fsp3) is 0.824. The summed E-state index contributed by atoms with van der Waals surface area (Å²) in [7, 11) is 2.11. The van der Waals surface area contributed by atoms with Gasteiger partial charge in [-0.3, -0.25) is 4.99 Å². The molecule has 1 saturated heterocycles. The monoisotopic (exact) mass is 337 g/mol. The predicted molar refractivity (Wildman–Crippen MR) is 94.1 cm³/mol. The van der Waals surface area contributed by atoms with Crippen LogP contribution in [0.25, 0.3) is 0 Å². The highest BCUT2D eigenvalue weighted by Crippen LogP contribution is 2.18. The third-order valence-electron chi connectivity index (χ3n) is 4.29. The molecule has 1 aromatic heterocycles. The molecule has 7 heteroatoms. The molecule has 2 heterocycles. The van der Waals surface area contributed by atoms with E-state index < -0.39 is 0 Å². The van der Waals surface area contributed by atoms with Crippen LogP contribution in [0.4, 0.5) is 0 Å². The lowest BCUT2D eigenvalue weighted by molar-refractivity contribution is 0.0625. The largest absolute Gasteiger partial charge is 0.381 e. The zero-order valence-electron chi connectivity index (χ0n) is 15.3. The van der Waals surface area contributed by atoms with Crippen LogP contribution in [0.1, 0.15) is 44.3 Å². The molecule has 0 aromatic carbocycles. The maximum Gasteiger partial charge on any atom is 0.226 e. The summed E-state index contributed by atoms with van der Waals surface area (Å²) in [6, 6.07) is 0. The highest BCUT2D eigenvalue weighted by Gasteiger charge is 2.15. The molecule has 1 fully saturated rings. The molecule has 0 spiro atoms. The number of rotatable bonds is 8. The van der Waals surface area contributed by atoms with Gasteiger partial charge >= 0.3 is 0 Å². The first-order valence-electron chi connectivity index (χ1n) is 9.05. The number of ether oxygens (including phenoxy) is 1. The standard InChI is InChI=1S/C17H31N5O2/c1-4-18-17(19-10-5-6-16-20-14(2)21-24-16)22(3)11-7-15-8-12-23-13-9-15/h15H,4-13H2,1-3H3,(H,18,19). The van der Waals surface area contributed by atoms with E-state index in [1.165, 1.54) is 19.3 Å². The van der Waals surface area contributed by atoms with Crippen LogP contribution >= 0.6 is 0 Å².